The van der Waals surface area contributed by atoms with Gasteiger partial charge < -0.3 is 32.9 Å². The van der Waals surface area contributed by atoms with E-state index >= 15 is 0 Å². The van der Waals surface area contributed by atoms with Crippen molar-refractivity contribution >= 4 is 26.6 Å². The Morgan fingerprint density at radius 1 is 0.333 bits per heavy atom. The molecule has 0 aliphatic rings. The molecule has 0 aromatic rings. The van der Waals surface area contributed by atoms with Gasteiger partial charge in [0.2, 0.25) is 0 Å². The van der Waals surface area contributed by atoms with Gasteiger partial charge in [-0.1, -0.05) is 0 Å². The second-order valence-electron chi connectivity index (χ2n) is 0. The molecular formula is H12Nb2O6Po. The molecule has 0 amide bonds. The first-order valence-corrected chi connectivity index (χ1v) is 0. The zero-order chi connectivity index (χ0) is 0. The molecule has 0 saturated carbocycles. The SMILES string of the molecule is O.O.O.O.O.O.[Nb].[Nb].[Po]. The van der Waals surface area contributed by atoms with Crippen LogP contribution in [0.15, 0.2) is 0 Å². The van der Waals surface area contributed by atoms with E-state index in [-0.39, 0.29) is 104 Å². The topological polar surface area (TPSA) is 189 Å². The first kappa shape index (κ1) is 251. The van der Waals surface area contributed by atoms with Crippen molar-refractivity contribution in [1.29, 1.82) is 0 Å². The van der Waals surface area contributed by atoms with E-state index in [2.05, 4.69) is 0 Å². The van der Waals surface area contributed by atoms with Crippen molar-refractivity contribution in [3.63, 3.8) is 0 Å². The Morgan fingerprint density at radius 3 is 0.333 bits per heavy atom. The van der Waals surface area contributed by atoms with Crippen LogP contribution < -0.4 is 0 Å². The first-order valence-electron chi connectivity index (χ1n) is 0. The summed E-state index contributed by atoms with van der Waals surface area (Å²) in [7, 11) is 0. The average molecular weight is 503 g/mol. The van der Waals surface area contributed by atoms with Gasteiger partial charge in [-0.15, -0.1) is 0 Å². The standard InChI is InChI=1S/2Nb.6H2O.Po/h;;6*1H2;. The van der Waals surface area contributed by atoms with Crippen molar-refractivity contribution in [3.8, 4) is 0 Å². The summed E-state index contributed by atoms with van der Waals surface area (Å²) >= 11 is 0. The second kappa shape index (κ2) is 185. The predicted octanol–water partition coefficient (Wildman–Crippen LogP) is -5.33. The Balaban J connectivity index is 0. The monoisotopic (exact) mass is 503 g/mol. The van der Waals surface area contributed by atoms with E-state index in [1.807, 2.05) is 0 Å². The van der Waals surface area contributed by atoms with Gasteiger partial charge in [-0.05, 0) is 0 Å². The molecule has 0 aliphatic heterocycles. The first-order chi connectivity index (χ1) is 0. The molecule has 0 aromatic heterocycles. The van der Waals surface area contributed by atoms with Gasteiger partial charge in [-0.25, -0.2) is 0 Å². The zero-order valence-corrected chi connectivity index (χ0v) is 11.9. The molecule has 0 aromatic carbocycles. The maximum absolute atomic E-state index is 0. The Labute approximate surface area is 103 Å². The fourth-order valence-electron chi connectivity index (χ4n) is 0. The molecule has 64 valence electrons. The summed E-state index contributed by atoms with van der Waals surface area (Å²) in [6, 6.07) is 0. The molecular weight excluding hydrogens is 491 g/mol. The molecule has 9 heavy (non-hydrogen) atoms. The van der Waals surface area contributed by atoms with E-state index in [0.717, 1.165) is 0 Å². The van der Waals surface area contributed by atoms with Gasteiger partial charge in [-0.3, -0.25) is 0 Å². The molecule has 4 radical (unpaired) electrons. The summed E-state index contributed by atoms with van der Waals surface area (Å²) in [6.45, 7) is 0. The molecule has 0 rings (SSSR count). The minimum Gasteiger partial charge on any atom is -0.412 e. The van der Waals surface area contributed by atoms with Gasteiger partial charge in [0.1, 0.15) is 0 Å². The Morgan fingerprint density at radius 2 is 0.333 bits per heavy atom. The Hall–Kier alpha value is 2.14. The van der Waals surface area contributed by atoms with Crippen LogP contribution in [0.3, 0.4) is 0 Å². The third-order valence-corrected chi connectivity index (χ3v) is 0. The van der Waals surface area contributed by atoms with Crippen LogP contribution >= 0.6 is 0 Å². The summed E-state index contributed by atoms with van der Waals surface area (Å²) in [5.41, 5.74) is 0. The van der Waals surface area contributed by atoms with E-state index in [4.69, 9.17) is 0 Å². The van der Waals surface area contributed by atoms with Crippen molar-refractivity contribution in [1.82, 2.24) is 0 Å². The van der Waals surface area contributed by atoms with Crippen molar-refractivity contribution in [3.05, 3.63) is 0 Å². The van der Waals surface area contributed by atoms with Crippen LogP contribution in [0.25, 0.3) is 0 Å². The molecule has 0 bridgehead atoms. The van der Waals surface area contributed by atoms with Crippen LogP contribution in [0.2, 0.25) is 0 Å². The smallest absolute Gasteiger partial charge is 0 e. The van der Waals surface area contributed by atoms with Crippen LogP contribution in [-0.4, -0.2) is 59.4 Å². The van der Waals surface area contributed by atoms with Crippen molar-refractivity contribution in [2.75, 3.05) is 0 Å². The van der Waals surface area contributed by atoms with E-state index in [1.165, 1.54) is 0 Å². The normalized spacial score (nSPS) is 0. The molecule has 6 nitrogen and oxygen atoms in total. The summed E-state index contributed by atoms with van der Waals surface area (Å²) in [4.78, 5) is 0. The average Bonchev–Trinajstić information content (AvgIpc) is 0. The van der Waals surface area contributed by atoms with Gasteiger partial charge in [0, 0.05) is 71.3 Å². The van der Waals surface area contributed by atoms with E-state index < -0.39 is 0 Å². The second-order valence-corrected chi connectivity index (χ2v) is 0. The quantitative estimate of drug-likeness (QED) is 0.286. The molecule has 0 aliphatic carbocycles. The fraction of sp³-hybridized carbons (Fsp3) is 0. The van der Waals surface area contributed by atoms with Gasteiger partial charge >= 0.3 is 0 Å². The van der Waals surface area contributed by atoms with Crippen LogP contribution in [0.4, 0.5) is 0 Å². The van der Waals surface area contributed by atoms with Crippen molar-refractivity contribution < 1.29 is 77.6 Å². The summed E-state index contributed by atoms with van der Waals surface area (Å²) in [5, 5.41) is 0. The van der Waals surface area contributed by atoms with Crippen LogP contribution in [0.5, 0.6) is 0 Å². The van der Waals surface area contributed by atoms with E-state index in [1.54, 1.807) is 0 Å². The molecule has 0 atom stereocenters. The van der Waals surface area contributed by atoms with Crippen LogP contribution in [0, 0.1) is 0 Å². The minimum atomic E-state index is 0. The largest absolute Gasteiger partial charge is 0.412 e. The fourth-order valence-corrected chi connectivity index (χ4v) is 0. The molecule has 0 spiro atoms. The van der Waals surface area contributed by atoms with Gasteiger partial charge in [-0.2, -0.15) is 0 Å². The minimum absolute atomic E-state index is 0. The molecule has 9 heteroatoms. The predicted molar refractivity (Wildman–Crippen MR) is 27.4 cm³/mol. The Kier molecular flexibility index (Phi) is 5160. The number of rotatable bonds is 0. The molecule has 0 saturated heterocycles. The van der Waals surface area contributed by atoms with Crippen molar-refractivity contribution in [2.45, 2.75) is 0 Å². The third kappa shape index (κ3) is 147. The van der Waals surface area contributed by atoms with Crippen LogP contribution in [-0.2, 0) is 44.8 Å². The zero-order valence-electron chi connectivity index (χ0n) is 4.30. The summed E-state index contributed by atoms with van der Waals surface area (Å²) < 4.78 is 0. The number of hydrogen-bond acceptors (Lipinski definition) is 0. The molecule has 12 N–H and O–H groups in total. The third-order valence-electron chi connectivity index (χ3n) is 0. The molecule has 0 fully saturated rings. The van der Waals surface area contributed by atoms with E-state index in [9.17, 15) is 0 Å². The van der Waals surface area contributed by atoms with Gasteiger partial charge in [0.15, 0.2) is 0 Å². The molecule has 0 heterocycles. The van der Waals surface area contributed by atoms with E-state index in [0.29, 0.717) is 0 Å². The maximum Gasteiger partial charge on any atom is 0 e. The van der Waals surface area contributed by atoms with Crippen molar-refractivity contribution in [2.24, 2.45) is 0 Å². The van der Waals surface area contributed by atoms with Gasteiger partial charge in [0.25, 0.3) is 0 Å². The van der Waals surface area contributed by atoms with Crippen LogP contribution in [0.1, 0.15) is 0 Å². The van der Waals surface area contributed by atoms with Gasteiger partial charge in [0.05, 0.1) is 0 Å². The molecule has 0 unspecified atom stereocenters. The number of hydrogen-bond donors (Lipinski definition) is 0. The summed E-state index contributed by atoms with van der Waals surface area (Å²) in [5.74, 6) is 0. The maximum atomic E-state index is 0. The Bertz CT molecular complexity index is 11.0. The summed E-state index contributed by atoms with van der Waals surface area (Å²) in [6.07, 6.45) is 0.